The Balaban J connectivity index is 1.67. The number of aromatic nitrogens is 5. The number of amides is 1. The van der Waals surface area contributed by atoms with E-state index in [0.717, 1.165) is 25.9 Å². The molecule has 2 N–H and O–H groups in total. The largest absolute Gasteiger partial charge is 0.317 e. The first-order valence-corrected chi connectivity index (χ1v) is 7.03. The molecule has 0 aromatic carbocycles. The lowest BCUT2D eigenvalue weighted by atomic mass is 10.1. The lowest BCUT2D eigenvalue weighted by molar-refractivity contribution is 0.102. The van der Waals surface area contributed by atoms with Crippen LogP contribution in [-0.4, -0.2) is 44.2 Å². The fourth-order valence-electron chi connectivity index (χ4n) is 2.19. The van der Waals surface area contributed by atoms with E-state index in [2.05, 4.69) is 31.1 Å². The van der Waals surface area contributed by atoms with Crippen molar-refractivity contribution < 1.29 is 4.79 Å². The molecular weight excluding hydrogens is 294 g/mol. The number of rotatable bonds is 3. The van der Waals surface area contributed by atoms with Gasteiger partial charge in [0.25, 0.3) is 5.91 Å². The summed E-state index contributed by atoms with van der Waals surface area (Å²) in [6, 6.07) is 3.41. The predicted molar refractivity (Wildman–Crippen MR) is 76.2 cm³/mol. The maximum atomic E-state index is 12.1. The van der Waals surface area contributed by atoms with Crippen LogP contribution in [0.15, 0.2) is 18.3 Å². The lowest BCUT2D eigenvalue weighted by Crippen LogP contribution is -2.29. The summed E-state index contributed by atoms with van der Waals surface area (Å²) in [5, 5.41) is 21.5. The number of nitrogens with zero attached hydrogens (tertiary/aromatic N) is 5. The highest BCUT2D eigenvalue weighted by atomic mass is 35.5. The second-order valence-electron chi connectivity index (χ2n) is 4.76. The van der Waals surface area contributed by atoms with Crippen molar-refractivity contribution in [3.8, 4) is 0 Å². The number of piperidine rings is 1. The number of anilines is 1. The van der Waals surface area contributed by atoms with Gasteiger partial charge in [0.05, 0.1) is 12.2 Å². The van der Waals surface area contributed by atoms with Crippen LogP contribution < -0.4 is 10.6 Å². The first-order chi connectivity index (χ1) is 10.2. The van der Waals surface area contributed by atoms with E-state index >= 15 is 0 Å². The fourth-order valence-corrected chi connectivity index (χ4v) is 2.29. The van der Waals surface area contributed by atoms with Crippen molar-refractivity contribution in [1.29, 1.82) is 0 Å². The molecule has 3 heterocycles. The van der Waals surface area contributed by atoms with Crippen LogP contribution in [0.5, 0.6) is 0 Å². The van der Waals surface area contributed by atoms with Crippen LogP contribution in [0.25, 0.3) is 0 Å². The smallest absolute Gasteiger partial charge is 0.279 e. The number of hydrogen-bond acceptors (Lipinski definition) is 6. The number of carbonyl (C=O) groups excluding carboxylic acids is 1. The third-order valence-electron chi connectivity index (χ3n) is 3.30. The summed E-state index contributed by atoms with van der Waals surface area (Å²) in [4.78, 5) is 12.1. The zero-order valence-electron chi connectivity index (χ0n) is 11.2. The van der Waals surface area contributed by atoms with Crippen LogP contribution in [0.1, 0.15) is 29.4 Å². The van der Waals surface area contributed by atoms with E-state index in [1.807, 2.05) is 0 Å². The molecule has 0 unspecified atom stereocenters. The molecular formula is C12H14ClN7O. The normalized spacial score (nSPS) is 15.9. The predicted octanol–water partition coefficient (Wildman–Crippen LogP) is 0.898. The van der Waals surface area contributed by atoms with Gasteiger partial charge in [0.2, 0.25) is 0 Å². The van der Waals surface area contributed by atoms with Crippen molar-refractivity contribution in [2.75, 3.05) is 18.4 Å². The lowest BCUT2D eigenvalue weighted by Gasteiger charge is -2.22. The molecule has 0 bridgehead atoms. The Kier molecular flexibility index (Phi) is 4.07. The van der Waals surface area contributed by atoms with Crippen molar-refractivity contribution >= 4 is 23.3 Å². The summed E-state index contributed by atoms with van der Waals surface area (Å²) >= 11 is 5.64. The van der Waals surface area contributed by atoms with Gasteiger partial charge in [-0.25, -0.2) is 4.68 Å². The number of nitrogens with one attached hydrogen (secondary N) is 2. The molecule has 1 saturated heterocycles. The van der Waals surface area contributed by atoms with Gasteiger partial charge in [-0.05, 0) is 38.1 Å². The zero-order valence-corrected chi connectivity index (χ0v) is 11.9. The van der Waals surface area contributed by atoms with E-state index in [4.69, 9.17) is 11.6 Å². The minimum Gasteiger partial charge on any atom is -0.317 e. The molecule has 9 heteroatoms. The highest BCUT2D eigenvalue weighted by molar-refractivity contribution is 6.29. The van der Waals surface area contributed by atoms with E-state index < -0.39 is 0 Å². The molecule has 1 amide bonds. The van der Waals surface area contributed by atoms with Gasteiger partial charge < -0.3 is 10.6 Å². The van der Waals surface area contributed by atoms with Crippen LogP contribution in [0.4, 0.5) is 5.82 Å². The molecule has 2 aromatic rings. The van der Waals surface area contributed by atoms with Gasteiger partial charge in [0, 0.05) is 0 Å². The van der Waals surface area contributed by atoms with Gasteiger partial charge >= 0.3 is 0 Å². The molecule has 3 rings (SSSR count). The van der Waals surface area contributed by atoms with Crippen LogP contribution in [-0.2, 0) is 0 Å². The summed E-state index contributed by atoms with van der Waals surface area (Å²) in [5.74, 6) is -0.0485. The summed E-state index contributed by atoms with van der Waals surface area (Å²) in [6.45, 7) is 1.90. The zero-order chi connectivity index (χ0) is 14.7. The minimum atomic E-state index is -0.369. The molecule has 8 nitrogen and oxygen atoms in total. The van der Waals surface area contributed by atoms with Gasteiger partial charge in [-0.15, -0.1) is 15.3 Å². The van der Waals surface area contributed by atoms with E-state index in [-0.39, 0.29) is 22.8 Å². The number of carbonyl (C=O) groups is 1. The molecule has 21 heavy (non-hydrogen) atoms. The molecule has 0 saturated carbocycles. The van der Waals surface area contributed by atoms with E-state index in [1.54, 1.807) is 23.0 Å². The summed E-state index contributed by atoms with van der Waals surface area (Å²) in [5.41, 5.74) is 0.255. The monoisotopic (exact) mass is 307 g/mol. The molecule has 2 aromatic heterocycles. The van der Waals surface area contributed by atoms with Gasteiger partial charge in [-0.1, -0.05) is 16.8 Å². The van der Waals surface area contributed by atoms with Crippen molar-refractivity contribution in [1.82, 2.24) is 30.5 Å². The topological polar surface area (TPSA) is 97.6 Å². The molecule has 0 radical (unpaired) electrons. The van der Waals surface area contributed by atoms with Crippen LogP contribution in [0, 0.1) is 0 Å². The Hall–Kier alpha value is -2.06. The molecule has 1 aliphatic rings. The van der Waals surface area contributed by atoms with E-state index in [9.17, 15) is 4.79 Å². The van der Waals surface area contributed by atoms with E-state index in [0.29, 0.717) is 5.82 Å². The molecule has 1 aliphatic heterocycles. The third-order valence-corrected chi connectivity index (χ3v) is 3.50. The van der Waals surface area contributed by atoms with Crippen LogP contribution >= 0.6 is 11.6 Å². The average molecular weight is 308 g/mol. The van der Waals surface area contributed by atoms with Crippen molar-refractivity contribution in [3.63, 3.8) is 0 Å². The Morgan fingerprint density at radius 1 is 1.29 bits per heavy atom. The molecule has 0 spiro atoms. The molecule has 0 aliphatic carbocycles. The van der Waals surface area contributed by atoms with Crippen molar-refractivity contribution in [2.24, 2.45) is 0 Å². The van der Waals surface area contributed by atoms with Gasteiger partial charge in [-0.2, -0.15) is 0 Å². The van der Waals surface area contributed by atoms with Gasteiger partial charge in [0.1, 0.15) is 0 Å². The van der Waals surface area contributed by atoms with E-state index in [1.165, 1.54) is 0 Å². The first-order valence-electron chi connectivity index (χ1n) is 6.65. The highest BCUT2D eigenvalue weighted by Crippen LogP contribution is 2.17. The molecule has 1 fully saturated rings. The Labute approximate surface area is 125 Å². The third kappa shape index (κ3) is 3.34. The first kappa shape index (κ1) is 13.9. The number of hydrogen-bond donors (Lipinski definition) is 2. The Morgan fingerprint density at radius 3 is 2.81 bits per heavy atom. The van der Waals surface area contributed by atoms with Crippen LogP contribution in [0.3, 0.4) is 0 Å². The second-order valence-corrected chi connectivity index (χ2v) is 5.15. The maximum absolute atomic E-state index is 12.1. The molecule has 0 atom stereocenters. The molecule has 110 valence electrons. The van der Waals surface area contributed by atoms with Crippen molar-refractivity contribution in [3.05, 3.63) is 29.2 Å². The van der Waals surface area contributed by atoms with Crippen LogP contribution in [0.2, 0.25) is 5.15 Å². The second kappa shape index (κ2) is 6.15. The summed E-state index contributed by atoms with van der Waals surface area (Å²) in [7, 11) is 0. The summed E-state index contributed by atoms with van der Waals surface area (Å²) in [6.07, 6.45) is 3.62. The summed E-state index contributed by atoms with van der Waals surface area (Å²) < 4.78 is 1.75. The fraction of sp³-hybridized carbons (Fsp3) is 0.417. The SMILES string of the molecule is O=C(Nc1ccc(Cl)nn1)c1cn(C2CCNCC2)nn1. The van der Waals surface area contributed by atoms with Crippen molar-refractivity contribution in [2.45, 2.75) is 18.9 Å². The standard InChI is InChI=1S/C12H14ClN7O/c13-10-1-2-11(18-17-10)15-12(21)9-7-20(19-16-9)8-3-5-14-6-4-8/h1-2,7-8,14H,3-6H2,(H,15,18,21). The van der Waals surface area contributed by atoms with Gasteiger partial charge in [0.15, 0.2) is 16.7 Å². The average Bonchev–Trinajstić information content (AvgIpc) is 3.00. The number of halogens is 1. The quantitative estimate of drug-likeness (QED) is 0.874. The highest BCUT2D eigenvalue weighted by Gasteiger charge is 2.19. The Morgan fingerprint density at radius 2 is 2.10 bits per heavy atom. The Bertz CT molecular complexity index is 621. The minimum absolute atomic E-state index is 0.255. The van der Waals surface area contributed by atoms with Gasteiger partial charge in [-0.3, -0.25) is 4.79 Å². The maximum Gasteiger partial charge on any atom is 0.279 e.